The van der Waals surface area contributed by atoms with Gasteiger partial charge in [-0.1, -0.05) is 0 Å². The summed E-state index contributed by atoms with van der Waals surface area (Å²) in [5, 5.41) is 2.66. The van der Waals surface area contributed by atoms with E-state index in [0.29, 0.717) is 6.54 Å². The van der Waals surface area contributed by atoms with Gasteiger partial charge in [0.2, 0.25) is 0 Å². The maximum Gasteiger partial charge on any atom is 0.407 e. The molecule has 0 saturated carbocycles. The van der Waals surface area contributed by atoms with Gasteiger partial charge in [0.1, 0.15) is 5.60 Å². The van der Waals surface area contributed by atoms with Crippen LogP contribution in [-0.4, -0.2) is 16.7 Å². The maximum absolute atomic E-state index is 11.3. The van der Waals surface area contributed by atoms with Crippen LogP contribution in [0.15, 0.2) is 10.1 Å². The Kier molecular flexibility index (Phi) is 4.10. The highest BCUT2D eigenvalue weighted by Crippen LogP contribution is 2.18. The molecule has 1 amide bonds. The van der Waals surface area contributed by atoms with Crippen molar-refractivity contribution in [2.24, 2.45) is 0 Å². The number of nitrogens with zero attached hydrogens (tertiary/aromatic N) is 1. The molecule has 0 aromatic carbocycles. The smallest absolute Gasteiger partial charge is 0.407 e. The van der Waals surface area contributed by atoms with Gasteiger partial charge in [-0.25, -0.2) is 9.78 Å². The third-order valence-electron chi connectivity index (χ3n) is 1.33. The number of thiazole rings is 1. The quantitative estimate of drug-likeness (QED) is 0.912. The van der Waals surface area contributed by atoms with Crippen LogP contribution in [0.2, 0.25) is 0 Å². The second-order valence-electron chi connectivity index (χ2n) is 3.93. The molecule has 0 bridgehead atoms. The van der Waals surface area contributed by atoms with E-state index in [9.17, 15) is 4.79 Å². The van der Waals surface area contributed by atoms with Crippen LogP contribution in [0.4, 0.5) is 4.79 Å². The van der Waals surface area contributed by atoms with Gasteiger partial charge in [-0.3, -0.25) is 0 Å². The zero-order valence-electron chi connectivity index (χ0n) is 8.83. The highest BCUT2D eigenvalue weighted by atomic mass is 79.9. The average molecular weight is 293 g/mol. The molecule has 0 fully saturated rings. The van der Waals surface area contributed by atoms with Crippen molar-refractivity contribution in [1.82, 2.24) is 10.3 Å². The number of ether oxygens (including phenoxy) is 1. The van der Waals surface area contributed by atoms with Gasteiger partial charge in [0.25, 0.3) is 0 Å². The lowest BCUT2D eigenvalue weighted by molar-refractivity contribution is 0.0524. The van der Waals surface area contributed by atoms with Crippen molar-refractivity contribution in [2.75, 3.05) is 0 Å². The molecule has 0 aliphatic rings. The van der Waals surface area contributed by atoms with E-state index in [1.165, 1.54) is 11.3 Å². The van der Waals surface area contributed by atoms with E-state index in [0.717, 1.165) is 8.79 Å². The minimum atomic E-state index is -0.460. The summed E-state index contributed by atoms with van der Waals surface area (Å²) in [6.07, 6.45) is 1.30. The van der Waals surface area contributed by atoms with Crippen molar-refractivity contribution in [2.45, 2.75) is 32.9 Å². The highest BCUT2D eigenvalue weighted by molar-refractivity contribution is 9.11. The number of hydrogen-bond donors (Lipinski definition) is 1. The van der Waals surface area contributed by atoms with E-state index >= 15 is 0 Å². The molecule has 0 saturated heterocycles. The van der Waals surface area contributed by atoms with Crippen molar-refractivity contribution in [3.63, 3.8) is 0 Å². The number of hydrogen-bond acceptors (Lipinski definition) is 4. The maximum atomic E-state index is 11.3. The second-order valence-corrected chi connectivity index (χ2v) is 6.33. The Morgan fingerprint density at radius 3 is 2.80 bits per heavy atom. The fourth-order valence-electron chi connectivity index (χ4n) is 0.839. The van der Waals surface area contributed by atoms with E-state index in [1.807, 2.05) is 20.8 Å². The third kappa shape index (κ3) is 5.13. The van der Waals surface area contributed by atoms with E-state index < -0.39 is 11.7 Å². The summed E-state index contributed by atoms with van der Waals surface area (Å²) in [4.78, 5) is 16.3. The van der Waals surface area contributed by atoms with Gasteiger partial charge in [0, 0.05) is 11.1 Å². The molecule has 0 spiro atoms. The molecule has 15 heavy (non-hydrogen) atoms. The summed E-state index contributed by atoms with van der Waals surface area (Å²) < 4.78 is 5.90. The van der Waals surface area contributed by atoms with Gasteiger partial charge >= 0.3 is 6.09 Å². The van der Waals surface area contributed by atoms with E-state index in [4.69, 9.17) is 4.74 Å². The largest absolute Gasteiger partial charge is 0.444 e. The highest BCUT2D eigenvalue weighted by Gasteiger charge is 2.15. The summed E-state index contributed by atoms with van der Waals surface area (Å²) in [5.41, 5.74) is -0.460. The lowest BCUT2D eigenvalue weighted by Crippen LogP contribution is -2.31. The minimum absolute atomic E-state index is 0.410. The number of carbonyl (C=O) groups is 1. The number of halogens is 1. The van der Waals surface area contributed by atoms with Crippen LogP contribution in [0, 0.1) is 0 Å². The molecule has 0 atom stereocenters. The van der Waals surface area contributed by atoms with Gasteiger partial charge in [-0.05, 0) is 36.7 Å². The Balaban J connectivity index is 2.35. The van der Waals surface area contributed by atoms with Crippen molar-refractivity contribution >= 4 is 33.4 Å². The van der Waals surface area contributed by atoms with Crippen LogP contribution in [0.3, 0.4) is 0 Å². The van der Waals surface area contributed by atoms with Gasteiger partial charge in [0.15, 0.2) is 3.92 Å². The van der Waals surface area contributed by atoms with Crippen LogP contribution in [0.1, 0.15) is 25.6 Å². The summed E-state index contributed by atoms with van der Waals surface area (Å²) in [5.74, 6) is 0. The van der Waals surface area contributed by atoms with Gasteiger partial charge in [-0.15, -0.1) is 11.3 Å². The normalized spacial score (nSPS) is 11.2. The number of aromatic nitrogens is 1. The Hall–Kier alpha value is -0.620. The number of rotatable bonds is 2. The van der Waals surface area contributed by atoms with Gasteiger partial charge in [0.05, 0.1) is 6.54 Å². The Morgan fingerprint density at radius 1 is 1.67 bits per heavy atom. The van der Waals surface area contributed by atoms with Crippen molar-refractivity contribution < 1.29 is 9.53 Å². The SMILES string of the molecule is CC(C)(C)OC(=O)NCc1cnc(Br)s1. The zero-order valence-corrected chi connectivity index (χ0v) is 11.2. The lowest BCUT2D eigenvalue weighted by Gasteiger charge is -2.19. The molecule has 1 rings (SSSR count). The first-order valence-electron chi connectivity index (χ1n) is 4.44. The van der Waals surface area contributed by atoms with E-state index in [-0.39, 0.29) is 0 Å². The topological polar surface area (TPSA) is 51.2 Å². The molecule has 6 heteroatoms. The molecule has 84 valence electrons. The predicted octanol–water partition coefficient (Wildman–Crippen LogP) is 2.93. The van der Waals surface area contributed by atoms with E-state index in [1.54, 1.807) is 6.20 Å². The van der Waals surface area contributed by atoms with Gasteiger partial charge < -0.3 is 10.1 Å². The number of carbonyl (C=O) groups excluding carboxylic acids is 1. The first kappa shape index (κ1) is 12.4. The molecule has 1 heterocycles. The minimum Gasteiger partial charge on any atom is -0.444 e. The molecule has 0 unspecified atom stereocenters. The molecular formula is C9H13BrN2O2S. The first-order chi connectivity index (χ1) is 6.87. The molecule has 0 aliphatic carbocycles. The van der Waals surface area contributed by atoms with Crippen LogP contribution >= 0.6 is 27.3 Å². The van der Waals surface area contributed by atoms with Crippen LogP contribution in [0.5, 0.6) is 0 Å². The number of nitrogens with one attached hydrogen (secondary N) is 1. The summed E-state index contributed by atoms with van der Waals surface area (Å²) in [6, 6.07) is 0. The molecule has 1 N–H and O–H groups in total. The van der Waals surface area contributed by atoms with Crippen LogP contribution < -0.4 is 5.32 Å². The number of amides is 1. The Labute approximate surface area is 101 Å². The van der Waals surface area contributed by atoms with Gasteiger partial charge in [-0.2, -0.15) is 0 Å². The summed E-state index contributed by atoms with van der Waals surface area (Å²) >= 11 is 4.73. The fourth-order valence-corrected chi connectivity index (χ4v) is 2.14. The molecule has 0 aliphatic heterocycles. The van der Waals surface area contributed by atoms with Crippen LogP contribution in [0.25, 0.3) is 0 Å². The van der Waals surface area contributed by atoms with Crippen molar-refractivity contribution in [3.8, 4) is 0 Å². The first-order valence-corrected chi connectivity index (χ1v) is 6.05. The second kappa shape index (κ2) is 4.94. The van der Waals surface area contributed by atoms with E-state index in [2.05, 4.69) is 26.2 Å². The fraction of sp³-hybridized carbons (Fsp3) is 0.556. The lowest BCUT2D eigenvalue weighted by atomic mass is 10.2. The third-order valence-corrected chi connectivity index (χ3v) is 2.81. The van der Waals surface area contributed by atoms with Crippen molar-refractivity contribution in [3.05, 3.63) is 15.0 Å². The Bertz CT molecular complexity index is 346. The monoisotopic (exact) mass is 292 g/mol. The molecule has 0 radical (unpaired) electrons. The van der Waals surface area contributed by atoms with Crippen molar-refractivity contribution in [1.29, 1.82) is 0 Å². The Morgan fingerprint density at radius 2 is 2.33 bits per heavy atom. The average Bonchev–Trinajstić information content (AvgIpc) is 2.45. The predicted molar refractivity (Wildman–Crippen MR) is 62.9 cm³/mol. The molecular weight excluding hydrogens is 280 g/mol. The van der Waals surface area contributed by atoms with Crippen LogP contribution in [-0.2, 0) is 11.3 Å². The molecule has 1 aromatic heterocycles. The molecule has 4 nitrogen and oxygen atoms in total. The summed E-state index contributed by atoms with van der Waals surface area (Å²) in [6.45, 7) is 5.93. The summed E-state index contributed by atoms with van der Waals surface area (Å²) in [7, 11) is 0. The zero-order chi connectivity index (χ0) is 11.5. The molecule has 1 aromatic rings. The number of alkyl carbamates (subject to hydrolysis) is 1. The standard InChI is InChI=1S/C9H13BrN2O2S/c1-9(2,3)14-8(13)12-5-6-4-11-7(10)15-6/h4H,5H2,1-3H3,(H,12,13).